The normalized spacial score (nSPS) is 24.6. The quantitative estimate of drug-likeness (QED) is 0.842. The minimum Gasteiger partial charge on any atom is -0.393 e. The molecule has 1 aliphatic rings. The van der Waals surface area contributed by atoms with Gasteiger partial charge in [-0.3, -0.25) is 0 Å². The summed E-state index contributed by atoms with van der Waals surface area (Å²) in [7, 11) is 0. The Hall–Kier alpha value is -1.16. The van der Waals surface area contributed by atoms with Gasteiger partial charge in [-0.15, -0.1) is 0 Å². The van der Waals surface area contributed by atoms with Gasteiger partial charge in [-0.1, -0.05) is 6.42 Å². The Balaban J connectivity index is 1.88. The van der Waals surface area contributed by atoms with Crippen molar-refractivity contribution < 1.29 is 5.11 Å². The third-order valence-corrected chi connectivity index (χ3v) is 3.29. The molecular weight excluding hydrogens is 214 g/mol. The third-order valence-electron chi connectivity index (χ3n) is 3.29. The number of rotatable bonds is 3. The molecule has 1 aliphatic carbocycles. The molecule has 0 aromatic carbocycles. The van der Waals surface area contributed by atoms with Crippen molar-refractivity contribution in [1.29, 1.82) is 0 Å². The number of aliphatic hydroxyl groups is 1. The van der Waals surface area contributed by atoms with Crippen LogP contribution in [-0.4, -0.2) is 27.7 Å². The standard InChI is InChI=1S/C13H21N3O/c1-9-6-13(16-10(2)15-9)14-8-11-4-3-5-12(17)7-11/h6,11-12,17H,3-5,7-8H2,1-2H3,(H,14,15,16). The van der Waals surface area contributed by atoms with Gasteiger partial charge >= 0.3 is 0 Å². The zero-order valence-electron chi connectivity index (χ0n) is 10.6. The van der Waals surface area contributed by atoms with Crippen LogP contribution in [0.2, 0.25) is 0 Å². The van der Waals surface area contributed by atoms with E-state index in [1.165, 1.54) is 6.42 Å². The van der Waals surface area contributed by atoms with E-state index in [0.717, 1.165) is 43.1 Å². The number of aliphatic hydroxyl groups excluding tert-OH is 1. The number of hydrogen-bond acceptors (Lipinski definition) is 4. The SMILES string of the molecule is Cc1cc(NCC2CCCC(O)C2)nc(C)n1. The fourth-order valence-electron chi connectivity index (χ4n) is 2.50. The molecule has 2 atom stereocenters. The second-order valence-electron chi connectivity index (χ2n) is 5.01. The lowest BCUT2D eigenvalue weighted by Gasteiger charge is -2.26. The molecule has 0 spiro atoms. The predicted molar refractivity (Wildman–Crippen MR) is 68.0 cm³/mol. The Morgan fingerprint density at radius 2 is 2.18 bits per heavy atom. The number of nitrogens with one attached hydrogen (secondary N) is 1. The van der Waals surface area contributed by atoms with Gasteiger partial charge in [0, 0.05) is 18.3 Å². The lowest BCUT2D eigenvalue weighted by molar-refractivity contribution is 0.104. The van der Waals surface area contributed by atoms with Crippen LogP contribution >= 0.6 is 0 Å². The largest absolute Gasteiger partial charge is 0.393 e. The van der Waals surface area contributed by atoms with Crippen LogP contribution in [-0.2, 0) is 0 Å². The second kappa shape index (κ2) is 5.45. The minimum absolute atomic E-state index is 0.107. The number of aromatic nitrogens is 2. The summed E-state index contributed by atoms with van der Waals surface area (Å²) < 4.78 is 0. The van der Waals surface area contributed by atoms with Crippen LogP contribution < -0.4 is 5.32 Å². The van der Waals surface area contributed by atoms with Crippen LogP contribution in [0.4, 0.5) is 5.82 Å². The predicted octanol–water partition coefficient (Wildman–Crippen LogP) is 2.06. The number of anilines is 1. The van der Waals surface area contributed by atoms with Crippen molar-refractivity contribution in [1.82, 2.24) is 9.97 Å². The van der Waals surface area contributed by atoms with Gasteiger partial charge in [-0.25, -0.2) is 9.97 Å². The highest BCUT2D eigenvalue weighted by atomic mass is 16.3. The molecule has 2 rings (SSSR count). The smallest absolute Gasteiger partial charge is 0.129 e. The van der Waals surface area contributed by atoms with Crippen molar-refractivity contribution >= 4 is 5.82 Å². The van der Waals surface area contributed by atoms with E-state index in [1.807, 2.05) is 19.9 Å². The Kier molecular flexibility index (Phi) is 3.94. The Morgan fingerprint density at radius 1 is 1.35 bits per heavy atom. The van der Waals surface area contributed by atoms with Gasteiger partial charge in [0.2, 0.25) is 0 Å². The van der Waals surface area contributed by atoms with Gasteiger partial charge in [0.05, 0.1) is 6.10 Å². The first-order valence-corrected chi connectivity index (χ1v) is 6.37. The van der Waals surface area contributed by atoms with Crippen LogP contribution in [0.3, 0.4) is 0 Å². The van der Waals surface area contributed by atoms with Gasteiger partial charge in [0.15, 0.2) is 0 Å². The topological polar surface area (TPSA) is 58.0 Å². The Labute approximate surface area is 102 Å². The summed E-state index contributed by atoms with van der Waals surface area (Å²) >= 11 is 0. The van der Waals surface area contributed by atoms with Crippen molar-refractivity contribution in [3.8, 4) is 0 Å². The van der Waals surface area contributed by atoms with Crippen LogP contribution in [0.25, 0.3) is 0 Å². The number of nitrogens with zero attached hydrogens (tertiary/aromatic N) is 2. The summed E-state index contributed by atoms with van der Waals surface area (Å²) in [5, 5.41) is 13.0. The van der Waals surface area contributed by atoms with Crippen LogP contribution in [0.15, 0.2) is 6.07 Å². The van der Waals surface area contributed by atoms with Crippen molar-refractivity contribution in [2.75, 3.05) is 11.9 Å². The molecule has 2 N–H and O–H groups in total. The molecule has 1 fully saturated rings. The lowest BCUT2D eigenvalue weighted by atomic mass is 9.87. The summed E-state index contributed by atoms with van der Waals surface area (Å²) in [6.45, 7) is 4.78. The highest BCUT2D eigenvalue weighted by Gasteiger charge is 2.19. The average Bonchev–Trinajstić information content (AvgIpc) is 2.25. The van der Waals surface area contributed by atoms with E-state index in [2.05, 4.69) is 15.3 Å². The second-order valence-corrected chi connectivity index (χ2v) is 5.01. The fraction of sp³-hybridized carbons (Fsp3) is 0.692. The molecule has 0 bridgehead atoms. The summed E-state index contributed by atoms with van der Waals surface area (Å²) in [6.07, 6.45) is 4.10. The summed E-state index contributed by atoms with van der Waals surface area (Å²) in [5.74, 6) is 2.26. The molecule has 1 aromatic heterocycles. The fourth-order valence-corrected chi connectivity index (χ4v) is 2.50. The van der Waals surface area contributed by atoms with Gasteiger partial charge in [0.1, 0.15) is 11.6 Å². The first-order chi connectivity index (χ1) is 8.13. The monoisotopic (exact) mass is 235 g/mol. The average molecular weight is 235 g/mol. The van der Waals surface area contributed by atoms with Crippen molar-refractivity contribution in [2.24, 2.45) is 5.92 Å². The van der Waals surface area contributed by atoms with E-state index < -0.39 is 0 Å². The van der Waals surface area contributed by atoms with E-state index in [-0.39, 0.29) is 6.10 Å². The molecule has 0 aliphatic heterocycles. The van der Waals surface area contributed by atoms with Gasteiger partial charge in [-0.05, 0) is 39.0 Å². The van der Waals surface area contributed by atoms with Crippen molar-refractivity contribution in [3.63, 3.8) is 0 Å². The molecule has 0 radical (unpaired) electrons. The Morgan fingerprint density at radius 3 is 2.88 bits per heavy atom. The first-order valence-electron chi connectivity index (χ1n) is 6.37. The zero-order chi connectivity index (χ0) is 12.3. The molecule has 1 aromatic rings. The molecule has 0 saturated heterocycles. The van der Waals surface area contributed by atoms with E-state index in [4.69, 9.17) is 0 Å². The van der Waals surface area contributed by atoms with Crippen LogP contribution in [0.1, 0.15) is 37.2 Å². The maximum absolute atomic E-state index is 9.61. The van der Waals surface area contributed by atoms with E-state index in [1.54, 1.807) is 0 Å². The zero-order valence-corrected chi connectivity index (χ0v) is 10.6. The molecule has 2 unspecified atom stereocenters. The maximum atomic E-state index is 9.61. The molecule has 4 heteroatoms. The summed E-state index contributed by atoms with van der Waals surface area (Å²) in [5.41, 5.74) is 0.990. The minimum atomic E-state index is -0.107. The van der Waals surface area contributed by atoms with Crippen molar-refractivity contribution in [2.45, 2.75) is 45.6 Å². The molecular formula is C13H21N3O. The van der Waals surface area contributed by atoms with Crippen LogP contribution in [0.5, 0.6) is 0 Å². The summed E-state index contributed by atoms with van der Waals surface area (Å²) in [4.78, 5) is 8.60. The number of hydrogen-bond donors (Lipinski definition) is 2. The third kappa shape index (κ3) is 3.66. The van der Waals surface area contributed by atoms with Gasteiger partial charge < -0.3 is 10.4 Å². The molecule has 0 amide bonds. The maximum Gasteiger partial charge on any atom is 0.129 e. The lowest BCUT2D eigenvalue weighted by Crippen LogP contribution is -2.25. The van der Waals surface area contributed by atoms with Crippen molar-refractivity contribution in [3.05, 3.63) is 17.6 Å². The molecule has 94 valence electrons. The summed E-state index contributed by atoms with van der Waals surface area (Å²) in [6, 6.07) is 1.96. The molecule has 1 heterocycles. The molecule has 1 saturated carbocycles. The van der Waals surface area contributed by atoms with Gasteiger partial charge in [0.25, 0.3) is 0 Å². The van der Waals surface area contributed by atoms with E-state index in [9.17, 15) is 5.11 Å². The first kappa shape index (κ1) is 12.3. The molecule has 17 heavy (non-hydrogen) atoms. The van der Waals surface area contributed by atoms with Gasteiger partial charge in [-0.2, -0.15) is 0 Å². The Bertz CT molecular complexity index is 361. The van der Waals surface area contributed by atoms with E-state index >= 15 is 0 Å². The highest BCUT2D eigenvalue weighted by Crippen LogP contribution is 2.24. The van der Waals surface area contributed by atoms with E-state index in [0.29, 0.717) is 5.92 Å². The highest BCUT2D eigenvalue weighted by molar-refractivity contribution is 5.35. The van der Waals surface area contributed by atoms with Crippen LogP contribution in [0, 0.1) is 19.8 Å². The number of aryl methyl sites for hydroxylation is 2. The molecule has 4 nitrogen and oxygen atoms in total.